The highest BCUT2D eigenvalue weighted by Gasteiger charge is 2.25. The molecule has 2 rings (SSSR count). The summed E-state index contributed by atoms with van der Waals surface area (Å²) in [5.41, 5.74) is 1.36. The van der Waals surface area contributed by atoms with E-state index in [1.54, 1.807) is 0 Å². The number of hydrogen-bond acceptors (Lipinski definition) is 3. The van der Waals surface area contributed by atoms with E-state index in [2.05, 4.69) is 17.3 Å². The highest BCUT2D eigenvalue weighted by Crippen LogP contribution is 2.40. The van der Waals surface area contributed by atoms with Crippen molar-refractivity contribution in [2.75, 3.05) is 5.75 Å². The topological polar surface area (TPSA) is 12.9 Å². The average Bonchev–Trinajstić information content (AvgIpc) is 2.88. The van der Waals surface area contributed by atoms with Gasteiger partial charge >= 0.3 is 0 Å². The summed E-state index contributed by atoms with van der Waals surface area (Å²) in [4.78, 5) is 4.64. The van der Waals surface area contributed by atoms with Crippen molar-refractivity contribution in [2.24, 2.45) is 0 Å². The minimum atomic E-state index is 0.821. The Hall–Kier alpha value is -0.0200. The van der Waals surface area contributed by atoms with E-state index >= 15 is 0 Å². The molecule has 1 heterocycles. The molecule has 0 aromatic carbocycles. The van der Waals surface area contributed by atoms with Gasteiger partial charge in [0.15, 0.2) is 0 Å². The second-order valence-electron chi connectivity index (χ2n) is 3.49. The zero-order valence-electron chi connectivity index (χ0n) is 7.95. The molecule has 1 aliphatic rings. The van der Waals surface area contributed by atoms with Crippen molar-refractivity contribution in [3.63, 3.8) is 0 Å². The second kappa shape index (κ2) is 4.47. The number of aromatic nitrogens is 1. The molecule has 0 atom stereocenters. The summed E-state index contributed by atoms with van der Waals surface area (Å²) >= 11 is 3.84. The Balaban J connectivity index is 1.82. The molecule has 0 amide bonds. The Morgan fingerprint density at radius 2 is 2.46 bits per heavy atom. The van der Waals surface area contributed by atoms with E-state index in [1.807, 2.05) is 23.1 Å². The first kappa shape index (κ1) is 9.53. The van der Waals surface area contributed by atoms with Gasteiger partial charge in [0.25, 0.3) is 0 Å². The van der Waals surface area contributed by atoms with Gasteiger partial charge in [0, 0.05) is 17.1 Å². The maximum absolute atomic E-state index is 4.64. The molecular formula is C10H15NS2. The number of rotatable bonds is 5. The molecule has 0 bridgehead atoms. The summed E-state index contributed by atoms with van der Waals surface area (Å²) in [6.07, 6.45) is 4.00. The van der Waals surface area contributed by atoms with Gasteiger partial charge in [-0.25, -0.2) is 4.98 Å². The first-order valence-corrected chi connectivity index (χ1v) is 6.95. The number of hydrogen-bond donors (Lipinski definition) is 0. The van der Waals surface area contributed by atoms with Crippen LogP contribution in [0.5, 0.6) is 0 Å². The standard InChI is InChI=1S/C10H15NS2/c1-2-5-12-7-10-11-9(6-13-10)8-3-4-8/h6,8H,2-5,7H2,1H3. The predicted octanol–water partition coefficient (Wildman–Crippen LogP) is 3.66. The van der Waals surface area contributed by atoms with Crippen LogP contribution >= 0.6 is 23.1 Å². The van der Waals surface area contributed by atoms with Gasteiger partial charge in [-0.05, 0) is 25.0 Å². The molecule has 1 aromatic heterocycles. The molecular weight excluding hydrogens is 198 g/mol. The quantitative estimate of drug-likeness (QED) is 0.692. The van der Waals surface area contributed by atoms with Crippen LogP contribution in [0.15, 0.2) is 5.38 Å². The Morgan fingerprint density at radius 3 is 3.15 bits per heavy atom. The van der Waals surface area contributed by atoms with Gasteiger partial charge in [-0.15, -0.1) is 11.3 Å². The summed E-state index contributed by atoms with van der Waals surface area (Å²) in [6.45, 7) is 2.23. The first-order chi connectivity index (χ1) is 6.40. The van der Waals surface area contributed by atoms with Gasteiger partial charge < -0.3 is 0 Å². The lowest BCUT2D eigenvalue weighted by Crippen LogP contribution is -1.83. The number of nitrogens with zero attached hydrogens (tertiary/aromatic N) is 1. The predicted molar refractivity (Wildman–Crippen MR) is 60.5 cm³/mol. The van der Waals surface area contributed by atoms with E-state index in [9.17, 15) is 0 Å². The molecule has 1 saturated carbocycles. The van der Waals surface area contributed by atoms with Gasteiger partial charge in [0.2, 0.25) is 0 Å². The van der Waals surface area contributed by atoms with Crippen LogP contribution in [0.1, 0.15) is 42.8 Å². The monoisotopic (exact) mass is 213 g/mol. The zero-order chi connectivity index (χ0) is 9.10. The van der Waals surface area contributed by atoms with E-state index < -0.39 is 0 Å². The Morgan fingerprint density at radius 1 is 1.62 bits per heavy atom. The molecule has 1 nitrogen and oxygen atoms in total. The largest absolute Gasteiger partial charge is 0.245 e. The third-order valence-electron chi connectivity index (χ3n) is 2.14. The highest BCUT2D eigenvalue weighted by atomic mass is 32.2. The SMILES string of the molecule is CCCSCc1nc(C2CC2)cs1. The van der Waals surface area contributed by atoms with Crippen LogP contribution in [0.25, 0.3) is 0 Å². The molecule has 0 radical (unpaired) electrons. The van der Waals surface area contributed by atoms with Crippen molar-refractivity contribution in [2.45, 2.75) is 37.9 Å². The first-order valence-electron chi connectivity index (χ1n) is 4.92. The fourth-order valence-electron chi connectivity index (χ4n) is 1.26. The average molecular weight is 213 g/mol. The van der Waals surface area contributed by atoms with E-state index in [0.29, 0.717) is 0 Å². The van der Waals surface area contributed by atoms with Crippen LogP contribution in [-0.4, -0.2) is 10.7 Å². The van der Waals surface area contributed by atoms with Gasteiger partial charge in [0.05, 0.1) is 5.69 Å². The second-order valence-corrected chi connectivity index (χ2v) is 5.54. The third kappa shape index (κ3) is 2.71. The maximum atomic E-state index is 4.64. The van der Waals surface area contributed by atoms with E-state index in [-0.39, 0.29) is 0 Å². The summed E-state index contributed by atoms with van der Waals surface area (Å²) in [7, 11) is 0. The maximum Gasteiger partial charge on any atom is 0.103 e. The van der Waals surface area contributed by atoms with Crippen LogP contribution in [0.2, 0.25) is 0 Å². The number of thiazole rings is 1. The zero-order valence-corrected chi connectivity index (χ0v) is 9.59. The Labute approximate surface area is 88.0 Å². The van der Waals surface area contributed by atoms with Gasteiger partial charge in [-0.2, -0.15) is 11.8 Å². The molecule has 0 N–H and O–H groups in total. The molecule has 1 aromatic rings. The van der Waals surface area contributed by atoms with Crippen LogP contribution in [0.4, 0.5) is 0 Å². The lowest BCUT2D eigenvalue weighted by atomic mass is 10.3. The normalized spacial score (nSPS) is 16.4. The van der Waals surface area contributed by atoms with Gasteiger partial charge in [-0.3, -0.25) is 0 Å². The minimum absolute atomic E-state index is 0.821. The van der Waals surface area contributed by atoms with Crippen LogP contribution in [0.3, 0.4) is 0 Å². The van der Waals surface area contributed by atoms with Crippen molar-refractivity contribution in [3.8, 4) is 0 Å². The van der Waals surface area contributed by atoms with Gasteiger partial charge in [0.1, 0.15) is 5.01 Å². The van der Waals surface area contributed by atoms with Crippen molar-refractivity contribution in [1.29, 1.82) is 0 Å². The molecule has 3 heteroatoms. The van der Waals surface area contributed by atoms with E-state index in [0.717, 1.165) is 11.7 Å². The van der Waals surface area contributed by atoms with Crippen LogP contribution < -0.4 is 0 Å². The van der Waals surface area contributed by atoms with E-state index in [4.69, 9.17) is 0 Å². The summed E-state index contributed by atoms with van der Waals surface area (Å²) < 4.78 is 0. The van der Waals surface area contributed by atoms with Crippen molar-refractivity contribution in [3.05, 3.63) is 16.1 Å². The molecule has 72 valence electrons. The molecule has 13 heavy (non-hydrogen) atoms. The molecule has 0 spiro atoms. The molecule has 1 fully saturated rings. The van der Waals surface area contributed by atoms with Gasteiger partial charge in [-0.1, -0.05) is 6.92 Å². The summed E-state index contributed by atoms with van der Waals surface area (Å²) in [5, 5.41) is 3.57. The van der Waals surface area contributed by atoms with Crippen molar-refractivity contribution < 1.29 is 0 Å². The van der Waals surface area contributed by atoms with Crippen LogP contribution in [-0.2, 0) is 5.75 Å². The van der Waals surface area contributed by atoms with Crippen molar-refractivity contribution in [1.82, 2.24) is 4.98 Å². The fraction of sp³-hybridized carbons (Fsp3) is 0.700. The summed E-state index contributed by atoms with van der Waals surface area (Å²) in [5.74, 6) is 3.20. The smallest absolute Gasteiger partial charge is 0.103 e. The highest BCUT2D eigenvalue weighted by molar-refractivity contribution is 7.98. The Bertz CT molecular complexity index is 266. The number of thioether (sulfide) groups is 1. The third-order valence-corrected chi connectivity index (χ3v) is 4.36. The lowest BCUT2D eigenvalue weighted by molar-refractivity contribution is 1.03. The van der Waals surface area contributed by atoms with E-state index in [1.165, 1.54) is 35.7 Å². The molecule has 0 saturated heterocycles. The molecule has 0 unspecified atom stereocenters. The fourth-order valence-corrected chi connectivity index (χ4v) is 3.12. The Kier molecular flexibility index (Phi) is 3.28. The van der Waals surface area contributed by atoms with Crippen molar-refractivity contribution >= 4 is 23.1 Å². The lowest BCUT2D eigenvalue weighted by Gasteiger charge is -1.94. The molecule has 0 aliphatic heterocycles. The summed E-state index contributed by atoms with van der Waals surface area (Å²) in [6, 6.07) is 0. The van der Waals surface area contributed by atoms with Crippen LogP contribution in [0, 0.1) is 0 Å². The molecule has 1 aliphatic carbocycles. The minimum Gasteiger partial charge on any atom is -0.245 e.